The molecule has 0 spiro atoms. The van der Waals surface area contributed by atoms with Gasteiger partial charge in [0.1, 0.15) is 5.82 Å². The third-order valence-corrected chi connectivity index (χ3v) is 5.72. The summed E-state index contributed by atoms with van der Waals surface area (Å²) in [5.41, 5.74) is 8.33. The summed E-state index contributed by atoms with van der Waals surface area (Å²) in [6.07, 6.45) is 0. The van der Waals surface area contributed by atoms with E-state index in [0.717, 1.165) is 35.1 Å². The van der Waals surface area contributed by atoms with Gasteiger partial charge in [0.25, 0.3) is 0 Å². The number of nitrogen functional groups attached to an aromatic ring is 1. The third-order valence-electron chi connectivity index (χ3n) is 5.72. The Hall–Kier alpha value is -1.83. The van der Waals surface area contributed by atoms with Crippen molar-refractivity contribution in [3.8, 4) is 0 Å². The minimum Gasteiger partial charge on any atom is -0.399 e. The van der Waals surface area contributed by atoms with E-state index in [1.165, 1.54) is 0 Å². The molecule has 2 aromatic rings. The lowest BCUT2D eigenvalue weighted by atomic mass is 9.78. The van der Waals surface area contributed by atoms with Crippen molar-refractivity contribution in [2.24, 2.45) is 0 Å². The second kappa shape index (κ2) is 6.11. The van der Waals surface area contributed by atoms with E-state index in [9.17, 15) is 0 Å². The summed E-state index contributed by atoms with van der Waals surface area (Å²) < 4.78 is 17.8. The van der Waals surface area contributed by atoms with Crippen molar-refractivity contribution in [1.29, 1.82) is 0 Å². The van der Waals surface area contributed by atoms with Crippen LogP contribution >= 0.6 is 0 Å². The van der Waals surface area contributed by atoms with Crippen LogP contribution in [0.5, 0.6) is 0 Å². The molecule has 26 heavy (non-hydrogen) atoms. The SMILES string of the molecule is CC1(C)OB(c2ccc3nc(N)c(N4CCOCC4)cc3c2)OC1(C)C. The van der Waals surface area contributed by atoms with Gasteiger partial charge in [0.2, 0.25) is 0 Å². The lowest BCUT2D eigenvalue weighted by molar-refractivity contribution is 0.00578. The Bertz CT molecular complexity index is 818. The van der Waals surface area contributed by atoms with E-state index in [0.29, 0.717) is 19.0 Å². The molecule has 6 nitrogen and oxygen atoms in total. The zero-order chi connectivity index (χ0) is 18.5. The number of nitrogens with zero attached hydrogens (tertiary/aromatic N) is 2. The maximum absolute atomic E-state index is 6.21. The number of morpholine rings is 1. The van der Waals surface area contributed by atoms with Crippen molar-refractivity contribution >= 4 is 35.0 Å². The van der Waals surface area contributed by atoms with Gasteiger partial charge in [0.05, 0.1) is 35.6 Å². The molecule has 0 radical (unpaired) electrons. The molecule has 1 aromatic heterocycles. The molecule has 2 aliphatic rings. The number of ether oxygens (including phenoxy) is 1. The highest BCUT2D eigenvalue weighted by atomic mass is 16.7. The normalized spacial score (nSPS) is 22.2. The van der Waals surface area contributed by atoms with Crippen molar-refractivity contribution in [3.63, 3.8) is 0 Å². The van der Waals surface area contributed by atoms with E-state index in [1.807, 2.05) is 12.1 Å². The van der Waals surface area contributed by atoms with Crippen molar-refractivity contribution < 1.29 is 14.0 Å². The van der Waals surface area contributed by atoms with Crippen LogP contribution in [-0.2, 0) is 14.0 Å². The van der Waals surface area contributed by atoms with Crippen LogP contribution in [0.2, 0.25) is 0 Å². The Kier molecular flexibility index (Phi) is 4.13. The third kappa shape index (κ3) is 2.94. The second-order valence-electron chi connectivity index (χ2n) is 8.03. The van der Waals surface area contributed by atoms with E-state index < -0.39 is 0 Å². The number of pyridine rings is 1. The maximum Gasteiger partial charge on any atom is 0.494 e. The summed E-state index contributed by atoms with van der Waals surface area (Å²) in [6, 6.07) is 8.19. The summed E-state index contributed by atoms with van der Waals surface area (Å²) in [7, 11) is -0.381. The summed E-state index contributed by atoms with van der Waals surface area (Å²) in [5, 5.41) is 1.04. The smallest absolute Gasteiger partial charge is 0.399 e. The number of rotatable bonds is 2. The highest BCUT2D eigenvalue weighted by Crippen LogP contribution is 2.36. The van der Waals surface area contributed by atoms with Gasteiger partial charge in [-0.25, -0.2) is 4.98 Å². The highest BCUT2D eigenvalue weighted by Gasteiger charge is 2.51. The highest BCUT2D eigenvalue weighted by molar-refractivity contribution is 6.62. The minimum absolute atomic E-state index is 0.356. The Morgan fingerprint density at radius 2 is 1.69 bits per heavy atom. The summed E-state index contributed by atoms with van der Waals surface area (Å²) >= 11 is 0. The van der Waals surface area contributed by atoms with Gasteiger partial charge in [0, 0.05) is 18.5 Å². The van der Waals surface area contributed by atoms with Crippen LogP contribution in [0.15, 0.2) is 24.3 Å². The topological polar surface area (TPSA) is 69.8 Å². The molecule has 2 fully saturated rings. The fraction of sp³-hybridized carbons (Fsp3) is 0.526. The second-order valence-corrected chi connectivity index (χ2v) is 8.03. The molecule has 0 amide bonds. The van der Waals surface area contributed by atoms with E-state index >= 15 is 0 Å². The average Bonchev–Trinajstić information content (AvgIpc) is 2.82. The van der Waals surface area contributed by atoms with Crippen LogP contribution in [0.1, 0.15) is 27.7 Å². The predicted molar refractivity (Wildman–Crippen MR) is 105 cm³/mol. The standard InChI is InChI=1S/C19H26BN3O3/c1-18(2)19(3,4)26-20(25-18)14-5-6-15-13(11-14)12-16(17(21)22-15)23-7-9-24-10-8-23/h5-6,11-12H,7-10H2,1-4H3,(H2,21,22). The summed E-state index contributed by atoms with van der Waals surface area (Å²) in [6.45, 7) is 11.3. The number of fused-ring (bicyclic) bond motifs is 1. The molecule has 4 rings (SSSR count). The number of nitrogens with two attached hydrogens (primary N) is 1. The number of hydrogen-bond donors (Lipinski definition) is 1. The van der Waals surface area contributed by atoms with Crippen LogP contribution in [0.3, 0.4) is 0 Å². The summed E-state index contributed by atoms with van der Waals surface area (Å²) in [4.78, 5) is 6.82. The Morgan fingerprint density at radius 3 is 2.35 bits per heavy atom. The van der Waals surface area contributed by atoms with Crippen LogP contribution in [-0.4, -0.2) is 49.6 Å². The first-order valence-corrected chi connectivity index (χ1v) is 9.15. The molecule has 3 heterocycles. The maximum atomic E-state index is 6.21. The Labute approximate surface area is 154 Å². The average molecular weight is 355 g/mol. The Morgan fingerprint density at radius 1 is 1.04 bits per heavy atom. The van der Waals surface area contributed by atoms with Gasteiger partial charge in [0.15, 0.2) is 0 Å². The van der Waals surface area contributed by atoms with Gasteiger partial charge in [-0.05, 0) is 45.3 Å². The van der Waals surface area contributed by atoms with Crippen molar-refractivity contribution in [2.75, 3.05) is 36.9 Å². The molecule has 0 atom stereocenters. The lowest BCUT2D eigenvalue weighted by Gasteiger charge is -2.32. The molecular weight excluding hydrogens is 329 g/mol. The molecule has 0 aliphatic carbocycles. The largest absolute Gasteiger partial charge is 0.494 e. The Balaban J connectivity index is 1.69. The van der Waals surface area contributed by atoms with Gasteiger partial charge in [-0.2, -0.15) is 0 Å². The van der Waals surface area contributed by atoms with E-state index in [-0.39, 0.29) is 18.3 Å². The number of anilines is 2. The summed E-state index contributed by atoms with van der Waals surface area (Å²) in [5.74, 6) is 0.558. The molecule has 138 valence electrons. The van der Waals surface area contributed by atoms with Gasteiger partial charge < -0.3 is 24.7 Å². The monoisotopic (exact) mass is 355 g/mol. The van der Waals surface area contributed by atoms with Gasteiger partial charge in [-0.1, -0.05) is 12.1 Å². The number of hydrogen-bond acceptors (Lipinski definition) is 6. The predicted octanol–water partition coefficient (Wildman–Crippen LogP) is 1.95. The molecular formula is C19H26BN3O3. The van der Waals surface area contributed by atoms with Gasteiger partial charge in [-0.15, -0.1) is 0 Å². The molecule has 2 saturated heterocycles. The number of benzene rings is 1. The molecule has 2 aliphatic heterocycles. The van der Waals surface area contributed by atoms with E-state index in [1.54, 1.807) is 0 Å². The van der Waals surface area contributed by atoms with Crippen molar-refractivity contribution in [1.82, 2.24) is 4.98 Å². The van der Waals surface area contributed by atoms with Gasteiger partial charge in [-0.3, -0.25) is 0 Å². The zero-order valence-electron chi connectivity index (χ0n) is 15.9. The first-order chi connectivity index (χ1) is 12.3. The first kappa shape index (κ1) is 17.6. The number of aromatic nitrogens is 1. The first-order valence-electron chi connectivity index (χ1n) is 9.15. The molecule has 0 bridgehead atoms. The molecule has 0 unspecified atom stereocenters. The van der Waals surface area contributed by atoms with Crippen LogP contribution in [0, 0.1) is 0 Å². The van der Waals surface area contributed by atoms with Crippen LogP contribution in [0.4, 0.5) is 11.5 Å². The fourth-order valence-corrected chi connectivity index (χ4v) is 3.38. The van der Waals surface area contributed by atoms with E-state index in [2.05, 4.69) is 49.7 Å². The van der Waals surface area contributed by atoms with Gasteiger partial charge >= 0.3 is 7.12 Å². The zero-order valence-corrected chi connectivity index (χ0v) is 15.9. The van der Waals surface area contributed by atoms with Crippen molar-refractivity contribution in [3.05, 3.63) is 24.3 Å². The molecule has 1 aromatic carbocycles. The molecule has 2 N–H and O–H groups in total. The van der Waals surface area contributed by atoms with Crippen LogP contribution < -0.4 is 16.1 Å². The lowest BCUT2D eigenvalue weighted by Crippen LogP contribution is -2.41. The minimum atomic E-state index is -0.381. The van der Waals surface area contributed by atoms with E-state index in [4.69, 9.17) is 19.8 Å². The quantitative estimate of drug-likeness (QED) is 0.831. The van der Waals surface area contributed by atoms with Crippen LogP contribution in [0.25, 0.3) is 10.9 Å². The van der Waals surface area contributed by atoms with Crippen molar-refractivity contribution in [2.45, 2.75) is 38.9 Å². The molecule has 0 saturated carbocycles. The molecule has 7 heteroatoms. The fourth-order valence-electron chi connectivity index (χ4n) is 3.38.